The number of nitrogens with one attached hydrogen (secondary N) is 1. The Morgan fingerprint density at radius 1 is 1.50 bits per heavy atom. The molecular weight excluding hydrogens is 234 g/mol. The average Bonchev–Trinajstić information content (AvgIpc) is 2.24. The molecule has 1 aliphatic carbocycles. The van der Waals surface area contributed by atoms with Crippen molar-refractivity contribution >= 4 is 11.9 Å². The van der Waals surface area contributed by atoms with Gasteiger partial charge in [-0.15, -0.1) is 0 Å². The number of hydrogen-bond acceptors (Lipinski definition) is 4. The van der Waals surface area contributed by atoms with Crippen LogP contribution in [0, 0.1) is 0 Å². The van der Waals surface area contributed by atoms with E-state index in [1.165, 1.54) is 0 Å². The summed E-state index contributed by atoms with van der Waals surface area (Å²) in [4.78, 5) is 22.2. The Labute approximate surface area is 107 Å². The number of carboxylic acids is 1. The number of rotatable bonds is 4. The quantitative estimate of drug-likeness (QED) is 0.744. The Balaban J connectivity index is 2.30. The molecule has 18 heavy (non-hydrogen) atoms. The predicted molar refractivity (Wildman–Crippen MR) is 67.2 cm³/mol. The fraction of sp³-hybridized carbons (Fsp3) is 0.692. The van der Waals surface area contributed by atoms with Gasteiger partial charge in [-0.25, -0.2) is 4.79 Å². The fourth-order valence-corrected chi connectivity index (χ4v) is 1.82. The van der Waals surface area contributed by atoms with Gasteiger partial charge in [0.2, 0.25) is 0 Å². The van der Waals surface area contributed by atoms with E-state index in [2.05, 4.69) is 5.32 Å². The van der Waals surface area contributed by atoms with E-state index in [0.717, 1.165) is 6.42 Å². The molecule has 0 amide bonds. The largest absolute Gasteiger partial charge is 0.478 e. The molecule has 1 aliphatic rings. The second kappa shape index (κ2) is 6.00. The maximum Gasteiger partial charge on any atom is 0.331 e. The monoisotopic (exact) mass is 255 g/mol. The van der Waals surface area contributed by atoms with Gasteiger partial charge in [0.05, 0.1) is 6.54 Å². The fourth-order valence-electron chi connectivity index (χ4n) is 1.82. The van der Waals surface area contributed by atoms with Gasteiger partial charge in [-0.1, -0.05) is 6.08 Å². The summed E-state index contributed by atoms with van der Waals surface area (Å²) in [6, 6.07) is 0.153. The zero-order valence-corrected chi connectivity index (χ0v) is 11.2. The maximum atomic E-state index is 11.5. The number of carboxylic acid groups (broad SMARTS) is 1. The normalized spacial score (nSPS) is 20.2. The molecule has 5 heteroatoms. The van der Waals surface area contributed by atoms with Crippen molar-refractivity contribution in [2.24, 2.45) is 0 Å². The van der Waals surface area contributed by atoms with Crippen LogP contribution in [-0.2, 0) is 14.3 Å². The number of carbonyl (C=O) groups is 2. The van der Waals surface area contributed by atoms with E-state index in [1.54, 1.807) is 6.08 Å². The minimum Gasteiger partial charge on any atom is -0.478 e. The second-order valence-electron chi connectivity index (χ2n) is 5.47. The molecule has 0 saturated heterocycles. The smallest absolute Gasteiger partial charge is 0.331 e. The molecule has 0 fully saturated rings. The Morgan fingerprint density at radius 3 is 2.61 bits per heavy atom. The van der Waals surface area contributed by atoms with Gasteiger partial charge in [0.15, 0.2) is 0 Å². The van der Waals surface area contributed by atoms with E-state index >= 15 is 0 Å². The molecule has 5 nitrogen and oxygen atoms in total. The molecule has 0 bridgehead atoms. The Bertz CT molecular complexity index is 354. The number of esters is 1. The molecule has 1 rings (SSSR count). The van der Waals surface area contributed by atoms with Crippen LogP contribution in [0.1, 0.15) is 40.0 Å². The third-order valence-corrected chi connectivity index (χ3v) is 2.64. The summed E-state index contributed by atoms with van der Waals surface area (Å²) >= 11 is 0. The number of aliphatic carboxylic acids is 1. The molecule has 0 aromatic carbocycles. The highest BCUT2D eigenvalue weighted by Gasteiger charge is 2.20. The molecule has 0 aliphatic heterocycles. The van der Waals surface area contributed by atoms with Gasteiger partial charge in [0.25, 0.3) is 0 Å². The van der Waals surface area contributed by atoms with E-state index in [0.29, 0.717) is 18.4 Å². The van der Waals surface area contributed by atoms with E-state index in [4.69, 9.17) is 9.84 Å². The van der Waals surface area contributed by atoms with Gasteiger partial charge in [-0.05, 0) is 40.0 Å². The predicted octanol–water partition coefficient (Wildman–Crippen LogP) is 1.48. The minimum absolute atomic E-state index is 0.153. The Morgan fingerprint density at radius 2 is 2.17 bits per heavy atom. The topological polar surface area (TPSA) is 75.6 Å². The van der Waals surface area contributed by atoms with Crippen molar-refractivity contribution in [2.45, 2.75) is 51.7 Å². The summed E-state index contributed by atoms with van der Waals surface area (Å²) in [5.41, 5.74) is -0.00727. The number of ether oxygens (including phenoxy) is 1. The molecule has 102 valence electrons. The third-order valence-electron chi connectivity index (χ3n) is 2.64. The van der Waals surface area contributed by atoms with Crippen LogP contribution >= 0.6 is 0 Å². The highest BCUT2D eigenvalue weighted by atomic mass is 16.6. The van der Waals surface area contributed by atoms with Crippen LogP contribution in [0.15, 0.2) is 11.6 Å². The molecule has 0 radical (unpaired) electrons. The van der Waals surface area contributed by atoms with Crippen LogP contribution in [0.4, 0.5) is 0 Å². The van der Waals surface area contributed by atoms with Crippen LogP contribution in [0.2, 0.25) is 0 Å². The van der Waals surface area contributed by atoms with Crippen molar-refractivity contribution in [3.8, 4) is 0 Å². The molecule has 2 N–H and O–H groups in total. The summed E-state index contributed by atoms with van der Waals surface area (Å²) in [6.45, 7) is 5.65. The molecular formula is C13H21NO4. The first-order valence-electron chi connectivity index (χ1n) is 6.15. The zero-order valence-electron chi connectivity index (χ0n) is 11.2. The lowest BCUT2D eigenvalue weighted by molar-refractivity contribution is -0.153. The van der Waals surface area contributed by atoms with Crippen molar-refractivity contribution in [1.82, 2.24) is 5.32 Å². The Kier molecular flexibility index (Phi) is 4.90. The van der Waals surface area contributed by atoms with Crippen LogP contribution in [0.5, 0.6) is 0 Å². The van der Waals surface area contributed by atoms with Gasteiger partial charge < -0.3 is 15.2 Å². The van der Waals surface area contributed by atoms with Crippen LogP contribution in [-0.4, -0.2) is 35.2 Å². The Hall–Kier alpha value is -1.36. The molecule has 0 saturated carbocycles. The molecule has 0 heterocycles. The molecule has 0 spiro atoms. The zero-order chi connectivity index (χ0) is 13.8. The standard InChI is InChI=1S/C13H21NO4/c1-13(2,3)18-11(15)8-14-10-6-4-9(5-7-10)12(16)17/h4,10,14H,5-8H2,1-3H3,(H,16,17)/t10-/m1/s1. The summed E-state index contributed by atoms with van der Waals surface area (Å²) in [7, 11) is 0. The minimum atomic E-state index is -0.847. The number of hydrogen-bond donors (Lipinski definition) is 2. The number of carbonyl (C=O) groups excluding carboxylic acids is 1. The second-order valence-corrected chi connectivity index (χ2v) is 5.47. The first kappa shape index (κ1) is 14.7. The van der Waals surface area contributed by atoms with Crippen molar-refractivity contribution in [3.05, 3.63) is 11.6 Å². The van der Waals surface area contributed by atoms with Gasteiger partial charge in [-0.2, -0.15) is 0 Å². The van der Waals surface area contributed by atoms with E-state index < -0.39 is 11.6 Å². The lowest BCUT2D eigenvalue weighted by atomic mass is 9.95. The summed E-state index contributed by atoms with van der Waals surface area (Å²) in [5.74, 6) is -1.13. The summed E-state index contributed by atoms with van der Waals surface area (Å²) in [5, 5.41) is 11.9. The van der Waals surface area contributed by atoms with Gasteiger partial charge in [0.1, 0.15) is 5.60 Å². The summed E-state index contributed by atoms with van der Waals surface area (Å²) in [6.07, 6.45) is 3.64. The molecule has 1 atom stereocenters. The molecule has 0 unspecified atom stereocenters. The van der Waals surface area contributed by atoms with Gasteiger partial charge in [0, 0.05) is 11.6 Å². The lowest BCUT2D eigenvalue weighted by Gasteiger charge is -2.23. The summed E-state index contributed by atoms with van der Waals surface area (Å²) < 4.78 is 5.18. The molecule has 0 aromatic heterocycles. The SMILES string of the molecule is CC(C)(C)OC(=O)CN[C@@H]1CC=C(C(=O)O)CC1. The van der Waals surface area contributed by atoms with Crippen molar-refractivity contribution < 1.29 is 19.4 Å². The van der Waals surface area contributed by atoms with Gasteiger partial charge >= 0.3 is 11.9 Å². The first-order chi connectivity index (χ1) is 8.28. The highest BCUT2D eigenvalue weighted by Crippen LogP contribution is 2.18. The average molecular weight is 255 g/mol. The van der Waals surface area contributed by atoms with E-state index in [1.807, 2.05) is 20.8 Å². The maximum absolute atomic E-state index is 11.5. The third kappa shape index (κ3) is 5.31. The van der Waals surface area contributed by atoms with E-state index in [9.17, 15) is 9.59 Å². The van der Waals surface area contributed by atoms with Crippen molar-refractivity contribution in [2.75, 3.05) is 6.54 Å². The van der Waals surface area contributed by atoms with Gasteiger partial charge in [-0.3, -0.25) is 4.79 Å². The van der Waals surface area contributed by atoms with E-state index in [-0.39, 0.29) is 18.6 Å². The first-order valence-corrected chi connectivity index (χ1v) is 6.15. The van der Waals surface area contributed by atoms with Crippen molar-refractivity contribution in [3.63, 3.8) is 0 Å². The molecule has 0 aromatic rings. The highest BCUT2D eigenvalue weighted by molar-refractivity contribution is 5.86. The van der Waals surface area contributed by atoms with Crippen LogP contribution in [0.25, 0.3) is 0 Å². The van der Waals surface area contributed by atoms with Crippen molar-refractivity contribution in [1.29, 1.82) is 0 Å². The van der Waals surface area contributed by atoms with Crippen LogP contribution < -0.4 is 5.32 Å². The lowest BCUT2D eigenvalue weighted by Crippen LogP contribution is -2.38. The van der Waals surface area contributed by atoms with Crippen LogP contribution in [0.3, 0.4) is 0 Å².